The zero-order valence-electron chi connectivity index (χ0n) is 17.4. The molecule has 0 amide bonds. The van der Waals surface area contributed by atoms with Gasteiger partial charge in [-0.25, -0.2) is 4.98 Å². The molecule has 1 saturated heterocycles. The van der Waals surface area contributed by atoms with E-state index in [1.54, 1.807) is 18.4 Å². The van der Waals surface area contributed by atoms with Crippen molar-refractivity contribution in [3.05, 3.63) is 16.1 Å². The molecule has 0 atom stereocenters. The van der Waals surface area contributed by atoms with Gasteiger partial charge in [-0.1, -0.05) is 13.8 Å². The quantitative estimate of drug-likeness (QED) is 0.374. The van der Waals surface area contributed by atoms with Crippen molar-refractivity contribution in [2.24, 2.45) is 4.99 Å². The van der Waals surface area contributed by atoms with Crippen LogP contribution in [-0.2, 0) is 15.9 Å². The van der Waals surface area contributed by atoms with Crippen LogP contribution in [0.15, 0.2) is 10.4 Å². The molecule has 1 N–H and O–H groups in total. The van der Waals surface area contributed by atoms with Crippen LogP contribution in [0.1, 0.15) is 56.7 Å². The van der Waals surface area contributed by atoms with Crippen molar-refractivity contribution < 1.29 is 9.47 Å². The molecule has 2 heterocycles. The molecule has 0 unspecified atom stereocenters. The average Bonchev–Trinajstić information content (AvgIpc) is 3.14. The third kappa shape index (κ3) is 7.76. The fraction of sp³-hybridized carbons (Fsp3) is 0.800. The van der Waals surface area contributed by atoms with Crippen LogP contribution in [-0.4, -0.2) is 68.4 Å². The molecule has 0 bridgehead atoms. The third-order valence-corrected chi connectivity index (χ3v) is 5.81. The summed E-state index contributed by atoms with van der Waals surface area (Å²) in [5.41, 5.74) is 1.16. The van der Waals surface area contributed by atoms with Crippen molar-refractivity contribution in [1.29, 1.82) is 0 Å². The molecular weight excluding hydrogens is 360 g/mol. The van der Waals surface area contributed by atoms with Crippen LogP contribution in [0.2, 0.25) is 0 Å². The van der Waals surface area contributed by atoms with Crippen molar-refractivity contribution >= 4 is 17.3 Å². The highest BCUT2D eigenvalue weighted by molar-refractivity contribution is 7.09. The molecule has 7 heteroatoms. The molecule has 1 aliphatic rings. The third-order valence-electron chi connectivity index (χ3n) is 4.62. The SMILES string of the molecule is CCNC(=NCCc1csc(C(C)C)n1)N1CCC(OCCCOC)CC1. The number of hydrogen-bond acceptors (Lipinski definition) is 5. The molecule has 1 fully saturated rings. The molecule has 0 saturated carbocycles. The molecule has 154 valence electrons. The lowest BCUT2D eigenvalue weighted by molar-refractivity contribution is 0.00991. The molecule has 2 rings (SSSR count). The molecule has 6 nitrogen and oxygen atoms in total. The number of rotatable bonds is 10. The first-order valence-corrected chi connectivity index (χ1v) is 11.1. The van der Waals surface area contributed by atoms with Gasteiger partial charge in [-0.15, -0.1) is 11.3 Å². The van der Waals surface area contributed by atoms with Crippen molar-refractivity contribution in [2.45, 2.75) is 58.5 Å². The lowest BCUT2D eigenvalue weighted by Gasteiger charge is -2.34. The highest BCUT2D eigenvalue weighted by Gasteiger charge is 2.21. The van der Waals surface area contributed by atoms with E-state index < -0.39 is 0 Å². The molecular formula is C20H36N4O2S. The number of piperidine rings is 1. The van der Waals surface area contributed by atoms with E-state index in [1.807, 2.05) is 0 Å². The minimum atomic E-state index is 0.366. The number of methoxy groups -OCH3 is 1. The Morgan fingerprint density at radius 2 is 2.15 bits per heavy atom. The number of ether oxygens (including phenoxy) is 2. The van der Waals surface area contributed by atoms with Crippen LogP contribution < -0.4 is 5.32 Å². The minimum Gasteiger partial charge on any atom is -0.385 e. The second kappa shape index (κ2) is 12.3. The van der Waals surface area contributed by atoms with Gasteiger partial charge in [0.15, 0.2) is 5.96 Å². The van der Waals surface area contributed by atoms with Gasteiger partial charge in [0.2, 0.25) is 0 Å². The second-order valence-corrected chi connectivity index (χ2v) is 8.11. The predicted octanol–water partition coefficient (Wildman–Crippen LogP) is 3.29. The van der Waals surface area contributed by atoms with Gasteiger partial charge in [-0.3, -0.25) is 4.99 Å². The summed E-state index contributed by atoms with van der Waals surface area (Å²) in [6, 6.07) is 0. The van der Waals surface area contributed by atoms with Gasteiger partial charge in [0.1, 0.15) is 0 Å². The molecule has 27 heavy (non-hydrogen) atoms. The monoisotopic (exact) mass is 396 g/mol. The van der Waals surface area contributed by atoms with E-state index in [1.165, 1.54) is 5.01 Å². The number of thiazole rings is 1. The Bertz CT molecular complexity index is 554. The number of hydrogen-bond donors (Lipinski definition) is 1. The van der Waals surface area contributed by atoms with Gasteiger partial charge >= 0.3 is 0 Å². The number of aliphatic imine (C=N–C) groups is 1. The van der Waals surface area contributed by atoms with E-state index in [9.17, 15) is 0 Å². The Morgan fingerprint density at radius 3 is 2.78 bits per heavy atom. The zero-order chi connectivity index (χ0) is 19.5. The number of likely N-dealkylation sites (tertiary alicyclic amines) is 1. The van der Waals surface area contributed by atoms with Crippen molar-refractivity contribution in [2.75, 3.05) is 46.5 Å². The summed E-state index contributed by atoms with van der Waals surface area (Å²) >= 11 is 1.76. The molecule has 1 aromatic rings. The number of guanidine groups is 1. The topological polar surface area (TPSA) is 59.0 Å². The first-order chi connectivity index (χ1) is 13.1. The van der Waals surface area contributed by atoms with Crippen LogP contribution in [0.5, 0.6) is 0 Å². The summed E-state index contributed by atoms with van der Waals surface area (Å²) in [6.07, 6.45) is 4.35. The maximum Gasteiger partial charge on any atom is 0.193 e. The summed E-state index contributed by atoms with van der Waals surface area (Å²) in [6.45, 7) is 11.7. The van der Waals surface area contributed by atoms with Gasteiger partial charge in [0.05, 0.1) is 16.8 Å². The number of nitrogens with zero attached hydrogens (tertiary/aromatic N) is 3. The molecule has 0 aromatic carbocycles. The lowest BCUT2D eigenvalue weighted by Crippen LogP contribution is -2.47. The average molecular weight is 397 g/mol. The van der Waals surface area contributed by atoms with Crippen LogP contribution in [0.4, 0.5) is 0 Å². The van der Waals surface area contributed by atoms with Gasteiger partial charge in [0, 0.05) is 64.2 Å². The fourth-order valence-corrected chi connectivity index (χ4v) is 3.96. The van der Waals surface area contributed by atoms with E-state index in [0.29, 0.717) is 12.0 Å². The Morgan fingerprint density at radius 1 is 1.37 bits per heavy atom. The van der Waals surface area contributed by atoms with Gasteiger partial charge < -0.3 is 19.7 Å². The van der Waals surface area contributed by atoms with E-state index in [2.05, 4.69) is 36.4 Å². The Kier molecular flexibility index (Phi) is 10.1. The van der Waals surface area contributed by atoms with Crippen LogP contribution in [0, 0.1) is 0 Å². The largest absolute Gasteiger partial charge is 0.385 e. The number of nitrogens with one attached hydrogen (secondary N) is 1. The Hall–Kier alpha value is -1.18. The van der Waals surface area contributed by atoms with Gasteiger partial charge in [-0.2, -0.15) is 0 Å². The molecule has 1 aromatic heterocycles. The molecule has 0 spiro atoms. The molecule has 0 aliphatic carbocycles. The van der Waals surface area contributed by atoms with Gasteiger partial charge in [-0.05, 0) is 26.2 Å². The van der Waals surface area contributed by atoms with Crippen molar-refractivity contribution in [1.82, 2.24) is 15.2 Å². The lowest BCUT2D eigenvalue weighted by atomic mass is 10.1. The standard InChI is InChI=1S/C20H36N4O2S/c1-5-21-20(22-10-7-17-15-27-19(23-17)16(2)3)24-11-8-18(9-12-24)26-14-6-13-25-4/h15-16,18H,5-14H2,1-4H3,(H,21,22). The van der Waals surface area contributed by atoms with E-state index in [0.717, 1.165) is 76.7 Å². The minimum absolute atomic E-state index is 0.366. The summed E-state index contributed by atoms with van der Waals surface area (Å²) in [4.78, 5) is 11.9. The summed E-state index contributed by atoms with van der Waals surface area (Å²) in [7, 11) is 1.73. The van der Waals surface area contributed by atoms with Crippen LogP contribution in [0.3, 0.4) is 0 Å². The first kappa shape index (κ1) is 22.1. The second-order valence-electron chi connectivity index (χ2n) is 7.22. The van der Waals surface area contributed by atoms with Gasteiger partial charge in [0.25, 0.3) is 0 Å². The Labute approximate surface area is 168 Å². The summed E-state index contributed by atoms with van der Waals surface area (Å²) in [5, 5.41) is 6.82. The first-order valence-electron chi connectivity index (χ1n) is 10.2. The maximum atomic E-state index is 5.96. The summed E-state index contributed by atoms with van der Waals surface area (Å²) < 4.78 is 11.0. The highest BCUT2D eigenvalue weighted by atomic mass is 32.1. The van der Waals surface area contributed by atoms with Crippen molar-refractivity contribution in [3.63, 3.8) is 0 Å². The highest BCUT2D eigenvalue weighted by Crippen LogP contribution is 2.19. The normalized spacial score (nSPS) is 16.3. The maximum absolute atomic E-state index is 5.96. The van der Waals surface area contributed by atoms with Crippen LogP contribution in [0.25, 0.3) is 0 Å². The number of aromatic nitrogens is 1. The molecule has 0 radical (unpaired) electrons. The van der Waals surface area contributed by atoms with Crippen molar-refractivity contribution in [3.8, 4) is 0 Å². The smallest absolute Gasteiger partial charge is 0.193 e. The molecule has 1 aliphatic heterocycles. The van der Waals surface area contributed by atoms with E-state index in [-0.39, 0.29) is 0 Å². The zero-order valence-corrected chi connectivity index (χ0v) is 18.2. The fourth-order valence-electron chi connectivity index (χ4n) is 3.09. The Balaban J connectivity index is 1.77. The predicted molar refractivity (Wildman–Crippen MR) is 113 cm³/mol. The summed E-state index contributed by atoms with van der Waals surface area (Å²) in [5.74, 6) is 1.53. The van der Waals surface area contributed by atoms with E-state index in [4.69, 9.17) is 19.5 Å². The van der Waals surface area contributed by atoms with Crippen LogP contribution >= 0.6 is 11.3 Å². The van der Waals surface area contributed by atoms with E-state index >= 15 is 0 Å².